The van der Waals surface area contributed by atoms with Crippen LogP contribution in [0.15, 0.2) is 78.0 Å². The van der Waals surface area contributed by atoms with E-state index < -0.39 is 10.8 Å². The third kappa shape index (κ3) is 4.40. The summed E-state index contributed by atoms with van der Waals surface area (Å²) in [4.78, 5) is 10.5. The van der Waals surface area contributed by atoms with Crippen molar-refractivity contribution in [3.63, 3.8) is 0 Å². The molecule has 0 saturated heterocycles. The largest absolute Gasteiger partial charge is 0.493 e. The maximum absolute atomic E-state index is 11.7. The quantitative estimate of drug-likeness (QED) is 0.329. The molecule has 3 aromatic carbocycles. The van der Waals surface area contributed by atoms with Gasteiger partial charge in [0.25, 0.3) is 5.95 Å². The third-order valence-electron chi connectivity index (χ3n) is 5.82. The molecule has 7 nitrogen and oxygen atoms in total. The van der Waals surface area contributed by atoms with Gasteiger partial charge in [-0.1, -0.05) is 42.0 Å². The highest BCUT2D eigenvalue weighted by Gasteiger charge is 2.16. The highest BCUT2D eigenvalue weighted by molar-refractivity contribution is 7.84. The Hall–Kier alpha value is -4.04. The predicted molar refractivity (Wildman–Crippen MR) is 138 cm³/mol. The van der Waals surface area contributed by atoms with Crippen LogP contribution in [-0.2, 0) is 10.8 Å². The van der Waals surface area contributed by atoms with Gasteiger partial charge in [0.1, 0.15) is 0 Å². The van der Waals surface area contributed by atoms with E-state index in [1.54, 1.807) is 31.4 Å². The number of ether oxygens (including phenoxy) is 2. The zero-order valence-electron chi connectivity index (χ0n) is 19.9. The van der Waals surface area contributed by atoms with Crippen LogP contribution in [0.5, 0.6) is 11.5 Å². The lowest BCUT2D eigenvalue weighted by molar-refractivity contribution is 0.356. The first-order valence-corrected chi connectivity index (χ1v) is 12.5. The van der Waals surface area contributed by atoms with Gasteiger partial charge in [-0.05, 0) is 30.7 Å². The Morgan fingerprint density at radius 1 is 0.829 bits per heavy atom. The number of benzene rings is 3. The molecule has 8 heteroatoms. The van der Waals surface area contributed by atoms with Gasteiger partial charge >= 0.3 is 0 Å². The van der Waals surface area contributed by atoms with Gasteiger partial charge in [-0.2, -0.15) is 5.10 Å². The summed E-state index contributed by atoms with van der Waals surface area (Å²) in [7, 11) is 2.20. The van der Waals surface area contributed by atoms with E-state index in [1.165, 1.54) is 5.56 Å². The fourth-order valence-electron chi connectivity index (χ4n) is 3.90. The SMILES string of the molecule is COc1cc2nc(-n3cc(-c4ccc(S(C)=O)cc4)cn3)nc(-c3ccc(C)cc3)c2cc1OC. The van der Waals surface area contributed by atoms with Crippen molar-refractivity contribution < 1.29 is 13.7 Å². The Morgan fingerprint density at radius 3 is 2.14 bits per heavy atom. The number of fused-ring (bicyclic) bond motifs is 1. The number of nitrogens with zero attached hydrogens (tertiary/aromatic N) is 4. The molecule has 0 fully saturated rings. The second kappa shape index (κ2) is 9.31. The first kappa shape index (κ1) is 22.7. The summed E-state index contributed by atoms with van der Waals surface area (Å²) >= 11 is 0. The summed E-state index contributed by atoms with van der Waals surface area (Å²) in [6.07, 6.45) is 5.32. The van der Waals surface area contributed by atoms with Crippen molar-refractivity contribution in [2.24, 2.45) is 0 Å². The van der Waals surface area contributed by atoms with Crippen LogP contribution >= 0.6 is 0 Å². The van der Waals surface area contributed by atoms with Crippen molar-refractivity contribution in [2.45, 2.75) is 11.8 Å². The smallest absolute Gasteiger partial charge is 0.251 e. The molecule has 0 aliphatic heterocycles. The first-order valence-electron chi connectivity index (χ1n) is 11.0. The van der Waals surface area contributed by atoms with E-state index in [0.29, 0.717) is 17.4 Å². The fraction of sp³-hybridized carbons (Fsp3) is 0.148. The molecule has 0 N–H and O–H groups in total. The van der Waals surface area contributed by atoms with Crippen LogP contribution < -0.4 is 9.47 Å². The number of aryl methyl sites for hydroxylation is 1. The zero-order chi connectivity index (χ0) is 24.5. The van der Waals surface area contributed by atoms with Gasteiger partial charge in [0.2, 0.25) is 0 Å². The Morgan fingerprint density at radius 2 is 1.49 bits per heavy atom. The van der Waals surface area contributed by atoms with Gasteiger partial charge in [0.05, 0.1) is 31.6 Å². The van der Waals surface area contributed by atoms with Crippen molar-refractivity contribution in [1.29, 1.82) is 0 Å². The molecule has 0 aliphatic carbocycles. The molecule has 1 atom stereocenters. The molecule has 5 aromatic rings. The number of hydrogen-bond donors (Lipinski definition) is 0. The number of aromatic nitrogens is 4. The summed E-state index contributed by atoms with van der Waals surface area (Å²) in [5.41, 5.74) is 5.50. The van der Waals surface area contributed by atoms with Crippen LogP contribution in [0.3, 0.4) is 0 Å². The standard InChI is InChI=1S/C27H24N4O3S/c1-17-5-7-19(8-6-17)26-22-13-24(33-2)25(34-3)14-23(22)29-27(30-26)31-16-20(15-28-31)18-9-11-21(12-10-18)35(4)32/h5-16H,1-4H3. The second-order valence-corrected chi connectivity index (χ2v) is 9.49. The van der Waals surface area contributed by atoms with E-state index in [-0.39, 0.29) is 0 Å². The van der Waals surface area contributed by atoms with Gasteiger partial charge in [0.15, 0.2) is 11.5 Å². The Kier molecular flexibility index (Phi) is 6.05. The fourth-order valence-corrected chi connectivity index (χ4v) is 4.42. The van der Waals surface area contributed by atoms with E-state index in [1.807, 2.05) is 54.7 Å². The highest BCUT2D eigenvalue weighted by atomic mass is 32.2. The second-order valence-electron chi connectivity index (χ2n) is 8.11. The van der Waals surface area contributed by atoms with Crippen molar-refractivity contribution in [3.05, 3.63) is 78.6 Å². The minimum Gasteiger partial charge on any atom is -0.493 e. The van der Waals surface area contributed by atoms with Crippen LogP contribution in [0.2, 0.25) is 0 Å². The molecule has 1 unspecified atom stereocenters. The van der Waals surface area contributed by atoms with Crippen LogP contribution in [-0.4, -0.2) is 44.4 Å². The van der Waals surface area contributed by atoms with Gasteiger partial charge in [-0.25, -0.2) is 14.6 Å². The van der Waals surface area contributed by atoms with Gasteiger partial charge < -0.3 is 9.47 Å². The molecule has 2 aromatic heterocycles. The Labute approximate surface area is 205 Å². The normalized spacial score (nSPS) is 12.0. The third-order valence-corrected chi connectivity index (χ3v) is 6.76. The maximum Gasteiger partial charge on any atom is 0.251 e. The summed E-state index contributed by atoms with van der Waals surface area (Å²) in [6, 6.07) is 19.6. The lowest BCUT2D eigenvalue weighted by atomic mass is 10.0. The Balaban J connectivity index is 1.65. The zero-order valence-corrected chi connectivity index (χ0v) is 20.7. The maximum atomic E-state index is 11.7. The average Bonchev–Trinajstić information content (AvgIpc) is 3.38. The molecule has 176 valence electrons. The van der Waals surface area contributed by atoms with Crippen molar-refractivity contribution in [3.8, 4) is 39.8 Å². The lowest BCUT2D eigenvalue weighted by Crippen LogP contribution is -2.04. The van der Waals surface area contributed by atoms with E-state index >= 15 is 0 Å². The molecular formula is C27H24N4O3S. The topological polar surface area (TPSA) is 79.1 Å². The van der Waals surface area contributed by atoms with Gasteiger partial charge in [-0.3, -0.25) is 4.21 Å². The molecule has 0 saturated carbocycles. The number of hydrogen-bond acceptors (Lipinski definition) is 6. The molecule has 0 radical (unpaired) electrons. The molecular weight excluding hydrogens is 460 g/mol. The molecule has 2 heterocycles. The average molecular weight is 485 g/mol. The van der Waals surface area contributed by atoms with Crippen LogP contribution in [0, 0.1) is 6.92 Å². The summed E-state index contributed by atoms with van der Waals surface area (Å²) in [5.74, 6) is 1.65. The highest BCUT2D eigenvalue weighted by Crippen LogP contribution is 2.36. The van der Waals surface area contributed by atoms with E-state index in [9.17, 15) is 4.21 Å². The monoisotopic (exact) mass is 484 g/mol. The van der Waals surface area contributed by atoms with Crippen molar-refractivity contribution in [1.82, 2.24) is 19.7 Å². The lowest BCUT2D eigenvalue weighted by Gasteiger charge is -2.13. The molecule has 0 amide bonds. The number of rotatable bonds is 6. The summed E-state index contributed by atoms with van der Waals surface area (Å²) in [5, 5.41) is 5.38. The van der Waals surface area contributed by atoms with Crippen molar-refractivity contribution in [2.75, 3.05) is 20.5 Å². The molecule has 0 spiro atoms. The van der Waals surface area contributed by atoms with Crippen molar-refractivity contribution >= 4 is 21.7 Å². The minimum absolute atomic E-state index is 0.442. The minimum atomic E-state index is -1.02. The molecule has 35 heavy (non-hydrogen) atoms. The predicted octanol–water partition coefficient (Wildman–Crippen LogP) is 5.21. The first-order chi connectivity index (χ1) is 17.0. The van der Waals surface area contributed by atoms with Crippen LogP contribution in [0.25, 0.3) is 39.2 Å². The summed E-state index contributed by atoms with van der Waals surface area (Å²) in [6.45, 7) is 2.05. The Bertz CT molecular complexity index is 1540. The van der Waals surface area contributed by atoms with E-state index in [4.69, 9.17) is 19.4 Å². The molecule has 0 aliphatic rings. The van der Waals surface area contributed by atoms with Gasteiger partial charge in [-0.15, -0.1) is 0 Å². The summed E-state index contributed by atoms with van der Waals surface area (Å²) < 4.78 is 24.4. The van der Waals surface area contributed by atoms with Crippen LogP contribution in [0.1, 0.15) is 5.56 Å². The van der Waals surface area contributed by atoms with E-state index in [0.717, 1.165) is 38.2 Å². The molecule has 0 bridgehead atoms. The van der Waals surface area contributed by atoms with Gasteiger partial charge in [0, 0.05) is 50.7 Å². The molecule has 5 rings (SSSR count). The number of methoxy groups -OCH3 is 2. The van der Waals surface area contributed by atoms with E-state index in [2.05, 4.69) is 24.2 Å². The van der Waals surface area contributed by atoms with Crippen LogP contribution in [0.4, 0.5) is 0 Å².